The molecule has 4 nitrogen and oxygen atoms in total. The molecule has 0 bridgehead atoms. The Balaban J connectivity index is 0.000000191. The Hall–Kier alpha value is -1.47. The lowest BCUT2D eigenvalue weighted by Crippen LogP contribution is -2.25. The highest BCUT2D eigenvalue weighted by Gasteiger charge is 2.09. The van der Waals surface area contributed by atoms with Gasteiger partial charge < -0.3 is 4.74 Å². The third-order valence-corrected chi connectivity index (χ3v) is 2.75. The standard InChI is InChI=1S/C7H6F2.C5H8N2O2S/c8-6-3-1-2-4-7(9)5-6;1-9-2-4-3-10-7-5(8)6-4/h1-6H;2-3H2,1H3,(H,7,8). The molecule has 1 unspecified atom stereocenters. The Bertz CT molecular complexity index is 433. The van der Waals surface area contributed by atoms with Gasteiger partial charge in [-0.05, 0) is 30.2 Å². The number of nitrogens with one attached hydrogen (secondary N) is 1. The number of carbonyl (C=O) groups excluding carboxylic acids is 1. The molecule has 0 saturated heterocycles. The number of ether oxygens (including phenoxy) is 1. The van der Waals surface area contributed by atoms with Crippen LogP contribution in [0.3, 0.4) is 0 Å². The van der Waals surface area contributed by atoms with Crippen molar-refractivity contribution in [2.24, 2.45) is 4.99 Å². The van der Waals surface area contributed by atoms with Gasteiger partial charge in [0.25, 0.3) is 0 Å². The molecule has 0 aromatic heterocycles. The van der Waals surface area contributed by atoms with E-state index in [1.807, 2.05) is 0 Å². The number of urea groups is 1. The van der Waals surface area contributed by atoms with Crippen molar-refractivity contribution in [1.82, 2.24) is 4.72 Å². The molecule has 2 rings (SSSR count). The highest BCUT2D eigenvalue weighted by Crippen LogP contribution is 2.08. The predicted octanol–water partition coefficient (Wildman–Crippen LogP) is 2.75. The summed E-state index contributed by atoms with van der Waals surface area (Å²) in [6, 6.07) is -0.289. The topological polar surface area (TPSA) is 50.7 Å². The van der Waals surface area contributed by atoms with Gasteiger partial charge in [0.2, 0.25) is 0 Å². The number of hydrogen-bond acceptors (Lipinski definition) is 3. The minimum atomic E-state index is -1.28. The Morgan fingerprint density at radius 1 is 1.58 bits per heavy atom. The number of amides is 2. The van der Waals surface area contributed by atoms with Crippen LogP contribution in [0.15, 0.2) is 41.2 Å². The maximum absolute atomic E-state index is 12.3. The van der Waals surface area contributed by atoms with E-state index in [0.29, 0.717) is 6.61 Å². The summed E-state index contributed by atoms with van der Waals surface area (Å²) in [7, 11) is 1.58. The Morgan fingerprint density at radius 3 is 3.05 bits per heavy atom. The lowest BCUT2D eigenvalue weighted by atomic mass is 10.3. The number of rotatable bonds is 2. The second-order valence-electron chi connectivity index (χ2n) is 3.55. The molecule has 0 radical (unpaired) electrons. The van der Waals surface area contributed by atoms with E-state index in [2.05, 4.69) is 9.71 Å². The van der Waals surface area contributed by atoms with Crippen LogP contribution in [0.5, 0.6) is 0 Å². The number of halogens is 2. The van der Waals surface area contributed by atoms with Gasteiger partial charge in [-0.15, -0.1) is 0 Å². The van der Waals surface area contributed by atoms with Gasteiger partial charge in [0.05, 0.1) is 18.1 Å². The van der Waals surface area contributed by atoms with Crippen LogP contribution in [0.25, 0.3) is 0 Å². The molecule has 0 saturated carbocycles. The van der Waals surface area contributed by atoms with Crippen LogP contribution in [0.1, 0.15) is 0 Å². The van der Waals surface area contributed by atoms with E-state index in [4.69, 9.17) is 4.74 Å². The van der Waals surface area contributed by atoms with Gasteiger partial charge in [0.1, 0.15) is 12.0 Å². The van der Waals surface area contributed by atoms with Crippen molar-refractivity contribution in [1.29, 1.82) is 0 Å². The minimum Gasteiger partial charge on any atom is -0.379 e. The monoisotopic (exact) mass is 288 g/mol. The molecule has 2 amide bonds. The molecule has 0 aromatic rings. The molecule has 0 spiro atoms. The predicted molar refractivity (Wildman–Crippen MR) is 72.7 cm³/mol. The maximum Gasteiger partial charge on any atom is 0.350 e. The summed E-state index contributed by atoms with van der Waals surface area (Å²) in [6.45, 7) is 0.445. The molecular weight excluding hydrogens is 274 g/mol. The van der Waals surface area contributed by atoms with Crippen LogP contribution >= 0.6 is 11.9 Å². The van der Waals surface area contributed by atoms with E-state index in [1.165, 1.54) is 36.3 Å². The molecule has 1 atom stereocenters. The quantitative estimate of drug-likeness (QED) is 0.795. The number of aliphatic imine (C=N–C) groups is 1. The lowest BCUT2D eigenvalue weighted by molar-refractivity contribution is 0.242. The van der Waals surface area contributed by atoms with Gasteiger partial charge in [-0.2, -0.15) is 4.99 Å². The third kappa shape index (κ3) is 6.88. The summed E-state index contributed by atoms with van der Waals surface area (Å²) in [4.78, 5) is 14.3. The van der Waals surface area contributed by atoms with E-state index in [1.54, 1.807) is 7.11 Å². The zero-order chi connectivity index (χ0) is 14.1. The molecule has 1 aliphatic carbocycles. The number of methoxy groups -OCH3 is 1. The van der Waals surface area contributed by atoms with E-state index < -0.39 is 12.0 Å². The third-order valence-electron chi connectivity index (χ3n) is 1.95. The Labute approximate surface area is 114 Å². The number of allylic oxidation sites excluding steroid dienone is 6. The molecular formula is C12H14F2N2O2S. The van der Waals surface area contributed by atoms with E-state index in [-0.39, 0.29) is 6.03 Å². The van der Waals surface area contributed by atoms with E-state index in [9.17, 15) is 13.6 Å². The summed E-state index contributed by atoms with van der Waals surface area (Å²) in [5, 5.41) is 0. The van der Waals surface area contributed by atoms with E-state index >= 15 is 0 Å². The van der Waals surface area contributed by atoms with Crippen molar-refractivity contribution in [3.8, 4) is 0 Å². The normalized spacial score (nSPS) is 21.6. The molecule has 2 aliphatic rings. The van der Waals surface area contributed by atoms with Gasteiger partial charge in [-0.25, -0.2) is 13.6 Å². The molecule has 0 fully saturated rings. The van der Waals surface area contributed by atoms with Crippen LogP contribution in [0.4, 0.5) is 13.6 Å². The fourth-order valence-corrected chi connectivity index (χ4v) is 1.76. The molecule has 104 valence electrons. The summed E-state index contributed by atoms with van der Waals surface area (Å²) >= 11 is 1.34. The first-order chi connectivity index (χ1) is 9.11. The van der Waals surface area contributed by atoms with Gasteiger partial charge >= 0.3 is 6.03 Å². The summed E-state index contributed by atoms with van der Waals surface area (Å²) < 4.78 is 31.7. The average molecular weight is 288 g/mol. The minimum absolute atomic E-state index is 0.289. The maximum atomic E-state index is 12.3. The number of carbonyl (C=O) groups is 1. The second kappa shape index (κ2) is 8.60. The average Bonchev–Trinajstić information content (AvgIpc) is 2.54. The summed E-state index contributed by atoms with van der Waals surface area (Å²) in [5.41, 5.74) is 0.788. The first-order valence-corrected chi connectivity index (χ1v) is 6.43. The number of alkyl halides is 1. The van der Waals surface area contributed by atoms with Crippen molar-refractivity contribution in [2.75, 3.05) is 19.5 Å². The van der Waals surface area contributed by atoms with E-state index in [0.717, 1.165) is 17.5 Å². The highest BCUT2D eigenvalue weighted by molar-refractivity contribution is 7.98. The van der Waals surface area contributed by atoms with Crippen LogP contribution in [0, 0.1) is 0 Å². The second-order valence-corrected chi connectivity index (χ2v) is 4.33. The zero-order valence-corrected chi connectivity index (χ0v) is 11.1. The first kappa shape index (κ1) is 15.6. The Morgan fingerprint density at radius 2 is 2.37 bits per heavy atom. The van der Waals surface area contributed by atoms with Crippen LogP contribution in [-0.2, 0) is 4.74 Å². The fourth-order valence-electron chi connectivity index (χ4n) is 1.20. The largest absolute Gasteiger partial charge is 0.379 e. The van der Waals surface area contributed by atoms with Crippen LogP contribution in [0.2, 0.25) is 0 Å². The summed E-state index contributed by atoms with van der Waals surface area (Å²) in [6.07, 6.45) is 5.08. The molecule has 1 aliphatic heterocycles. The van der Waals surface area contributed by atoms with Crippen LogP contribution < -0.4 is 4.72 Å². The highest BCUT2D eigenvalue weighted by atomic mass is 32.2. The zero-order valence-electron chi connectivity index (χ0n) is 10.3. The number of hydrogen-bond donors (Lipinski definition) is 1. The molecule has 7 heteroatoms. The fraction of sp³-hybridized carbons (Fsp3) is 0.333. The molecule has 1 heterocycles. The summed E-state index contributed by atoms with van der Waals surface area (Å²) in [5.74, 6) is 0.201. The van der Waals surface area contributed by atoms with Crippen molar-refractivity contribution in [3.05, 3.63) is 36.2 Å². The Kier molecular flexibility index (Phi) is 7.06. The van der Waals surface area contributed by atoms with Crippen molar-refractivity contribution < 1.29 is 18.3 Å². The van der Waals surface area contributed by atoms with Crippen molar-refractivity contribution >= 4 is 23.7 Å². The smallest absolute Gasteiger partial charge is 0.350 e. The molecule has 1 N–H and O–H groups in total. The number of nitrogens with zero attached hydrogens (tertiary/aromatic N) is 1. The first-order valence-electron chi connectivity index (χ1n) is 5.45. The molecule has 0 aromatic carbocycles. The van der Waals surface area contributed by atoms with Gasteiger partial charge in [0.15, 0.2) is 0 Å². The lowest BCUT2D eigenvalue weighted by Gasteiger charge is -2.09. The van der Waals surface area contributed by atoms with Gasteiger partial charge in [-0.1, -0.05) is 12.2 Å². The van der Waals surface area contributed by atoms with Crippen molar-refractivity contribution in [2.45, 2.75) is 6.17 Å². The van der Waals surface area contributed by atoms with Crippen LogP contribution in [-0.4, -0.2) is 37.4 Å². The van der Waals surface area contributed by atoms with Crippen molar-refractivity contribution in [3.63, 3.8) is 0 Å². The SMILES string of the molecule is COCC1=NC(=O)NSC1.FC1=CC(F)C=CC=C1. The molecule has 19 heavy (non-hydrogen) atoms. The van der Waals surface area contributed by atoms with Gasteiger partial charge in [-0.3, -0.25) is 4.72 Å². The van der Waals surface area contributed by atoms with Gasteiger partial charge in [0, 0.05) is 7.11 Å².